The number of amides is 1. The Bertz CT molecular complexity index is 862. The fourth-order valence-corrected chi connectivity index (χ4v) is 3.71. The molecule has 0 aliphatic rings. The van der Waals surface area contributed by atoms with E-state index in [1.54, 1.807) is 36.4 Å². The van der Waals surface area contributed by atoms with Crippen LogP contribution in [0.1, 0.15) is 21.5 Å². The molecule has 0 saturated heterocycles. The van der Waals surface area contributed by atoms with Gasteiger partial charge in [-0.1, -0.05) is 47.5 Å². The molecular formula is C21H18ClNO2S. The van der Waals surface area contributed by atoms with E-state index in [2.05, 4.69) is 5.32 Å². The largest absolute Gasteiger partial charge is 0.322 e. The molecule has 1 amide bonds. The number of anilines is 1. The topological polar surface area (TPSA) is 46.2 Å². The SMILES string of the molecule is Cc1ccc(NC(=O)c2cccc(S(=O)Cc3ccc(Cl)cc3)c2)cc1. The Morgan fingerprint density at radius 3 is 2.38 bits per heavy atom. The first-order chi connectivity index (χ1) is 12.5. The van der Waals surface area contributed by atoms with Crippen molar-refractivity contribution in [2.45, 2.75) is 17.6 Å². The number of aryl methyl sites for hydroxylation is 1. The first-order valence-electron chi connectivity index (χ1n) is 8.12. The van der Waals surface area contributed by atoms with Crippen molar-refractivity contribution in [1.82, 2.24) is 0 Å². The lowest BCUT2D eigenvalue weighted by atomic mass is 10.2. The van der Waals surface area contributed by atoms with Crippen molar-refractivity contribution in [1.29, 1.82) is 0 Å². The Hall–Kier alpha value is -2.43. The monoisotopic (exact) mass is 383 g/mol. The van der Waals surface area contributed by atoms with Crippen LogP contribution in [0.15, 0.2) is 77.7 Å². The molecule has 5 heteroatoms. The number of carbonyl (C=O) groups excluding carboxylic acids is 1. The molecule has 1 atom stereocenters. The number of rotatable bonds is 5. The molecule has 0 bridgehead atoms. The number of halogens is 1. The second-order valence-corrected chi connectivity index (χ2v) is 7.85. The van der Waals surface area contributed by atoms with Gasteiger partial charge in [-0.25, -0.2) is 0 Å². The highest BCUT2D eigenvalue weighted by Crippen LogP contribution is 2.17. The van der Waals surface area contributed by atoms with E-state index in [-0.39, 0.29) is 5.91 Å². The summed E-state index contributed by atoms with van der Waals surface area (Å²) in [6.07, 6.45) is 0. The number of hydrogen-bond acceptors (Lipinski definition) is 2. The van der Waals surface area contributed by atoms with Crippen molar-refractivity contribution in [3.05, 3.63) is 94.5 Å². The number of carbonyl (C=O) groups is 1. The van der Waals surface area contributed by atoms with Crippen LogP contribution in [0.25, 0.3) is 0 Å². The second kappa shape index (κ2) is 8.30. The lowest BCUT2D eigenvalue weighted by Gasteiger charge is -2.08. The third kappa shape index (κ3) is 4.81. The predicted octanol–water partition coefficient (Wildman–Crippen LogP) is 5.21. The highest BCUT2D eigenvalue weighted by molar-refractivity contribution is 7.84. The smallest absolute Gasteiger partial charge is 0.255 e. The van der Waals surface area contributed by atoms with Gasteiger partial charge in [-0.15, -0.1) is 0 Å². The molecule has 0 aromatic heterocycles. The summed E-state index contributed by atoms with van der Waals surface area (Å²) in [6, 6.07) is 21.8. The van der Waals surface area contributed by atoms with Crippen molar-refractivity contribution in [2.24, 2.45) is 0 Å². The lowest BCUT2D eigenvalue weighted by Crippen LogP contribution is -2.12. The molecule has 0 saturated carbocycles. The maximum atomic E-state index is 12.6. The third-order valence-corrected chi connectivity index (χ3v) is 5.51. The number of benzene rings is 3. The maximum absolute atomic E-state index is 12.6. The molecule has 26 heavy (non-hydrogen) atoms. The fourth-order valence-electron chi connectivity index (χ4n) is 2.43. The van der Waals surface area contributed by atoms with Gasteiger partial charge in [0.1, 0.15) is 0 Å². The molecular weight excluding hydrogens is 366 g/mol. The third-order valence-electron chi connectivity index (χ3n) is 3.88. The molecule has 3 aromatic rings. The van der Waals surface area contributed by atoms with Crippen molar-refractivity contribution >= 4 is 34.0 Å². The summed E-state index contributed by atoms with van der Waals surface area (Å²) in [7, 11) is -1.24. The van der Waals surface area contributed by atoms with E-state index in [4.69, 9.17) is 11.6 Å². The second-order valence-electron chi connectivity index (χ2n) is 5.96. The Kier molecular flexibility index (Phi) is 5.86. The van der Waals surface area contributed by atoms with Crippen LogP contribution in [0.4, 0.5) is 5.69 Å². The van der Waals surface area contributed by atoms with Crippen LogP contribution >= 0.6 is 11.6 Å². The molecule has 0 aliphatic heterocycles. The van der Waals surface area contributed by atoms with Crippen molar-refractivity contribution in [3.8, 4) is 0 Å². The lowest BCUT2D eigenvalue weighted by molar-refractivity contribution is 0.102. The summed E-state index contributed by atoms with van der Waals surface area (Å²) in [5.41, 5.74) is 3.27. The van der Waals surface area contributed by atoms with E-state index in [1.165, 1.54) is 0 Å². The minimum atomic E-state index is -1.24. The average Bonchev–Trinajstić information content (AvgIpc) is 2.65. The Balaban J connectivity index is 1.72. The quantitative estimate of drug-likeness (QED) is 0.657. The van der Waals surface area contributed by atoms with Crippen LogP contribution in [-0.4, -0.2) is 10.1 Å². The zero-order valence-corrected chi connectivity index (χ0v) is 15.8. The molecule has 0 fully saturated rings. The zero-order chi connectivity index (χ0) is 18.5. The zero-order valence-electron chi connectivity index (χ0n) is 14.2. The van der Waals surface area contributed by atoms with Gasteiger partial charge in [-0.3, -0.25) is 9.00 Å². The van der Waals surface area contributed by atoms with Gasteiger partial charge in [-0.2, -0.15) is 0 Å². The molecule has 0 radical (unpaired) electrons. The summed E-state index contributed by atoms with van der Waals surface area (Å²) < 4.78 is 12.6. The minimum absolute atomic E-state index is 0.223. The van der Waals surface area contributed by atoms with Crippen LogP contribution < -0.4 is 5.32 Å². The summed E-state index contributed by atoms with van der Waals surface area (Å²) in [5, 5.41) is 3.50. The van der Waals surface area contributed by atoms with Crippen molar-refractivity contribution in [2.75, 3.05) is 5.32 Å². The van der Waals surface area contributed by atoms with Crippen LogP contribution in [0.5, 0.6) is 0 Å². The Morgan fingerprint density at radius 1 is 1.00 bits per heavy atom. The van der Waals surface area contributed by atoms with Gasteiger partial charge in [-0.05, 0) is 55.0 Å². The van der Waals surface area contributed by atoms with Crippen molar-refractivity contribution in [3.63, 3.8) is 0 Å². The van der Waals surface area contributed by atoms with Gasteiger partial charge in [0.05, 0.1) is 16.6 Å². The van der Waals surface area contributed by atoms with Crippen LogP contribution in [0, 0.1) is 6.92 Å². The highest BCUT2D eigenvalue weighted by Gasteiger charge is 2.11. The summed E-state index contributed by atoms with van der Waals surface area (Å²) >= 11 is 5.88. The van der Waals surface area contributed by atoms with Gasteiger partial charge >= 0.3 is 0 Å². The summed E-state index contributed by atoms with van der Waals surface area (Å²) in [6.45, 7) is 1.99. The number of nitrogens with one attached hydrogen (secondary N) is 1. The van der Waals surface area contributed by atoms with E-state index >= 15 is 0 Å². The van der Waals surface area contributed by atoms with E-state index in [1.807, 2.05) is 43.3 Å². The molecule has 0 aliphatic carbocycles. The maximum Gasteiger partial charge on any atom is 0.255 e. The van der Waals surface area contributed by atoms with Gasteiger partial charge in [0.15, 0.2) is 0 Å². The molecule has 3 aromatic carbocycles. The van der Waals surface area contributed by atoms with E-state index in [0.717, 1.165) is 16.8 Å². The van der Waals surface area contributed by atoms with Gasteiger partial charge in [0, 0.05) is 21.2 Å². The van der Waals surface area contributed by atoms with Gasteiger partial charge in [0.25, 0.3) is 5.91 Å². The molecule has 1 unspecified atom stereocenters. The predicted molar refractivity (Wildman–Crippen MR) is 107 cm³/mol. The molecule has 1 N–H and O–H groups in total. The van der Waals surface area contributed by atoms with Gasteiger partial charge in [0.2, 0.25) is 0 Å². The minimum Gasteiger partial charge on any atom is -0.322 e. The van der Waals surface area contributed by atoms with E-state index in [9.17, 15) is 9.00 Å². The molecule has 3 rings (SSSR count). The molecule has 132 valence electrons. The van der Waals surface area contributed by atoms with Crippen LogP contribution in [0.2, 0.25) is 5.02 Å². The average molecular weight is 384 g/mol. The Labute approximate surface area is 160 Å². The van der Waals surface area contributed by atoms with E-state index in [0.29, 0.717) is 21.2 Å². The normalized spacial score (nSPS) is 11.8. The fraction of sp³-hybridized carbons (Fsp3) is 0.0952. The summed E-state index contributed by atoms with van der Waals surface area (Å²) in [5.74, 6) is 0.152. The van der Waals surface area contributed by atoms with Crippen LogP contribution in [-0.2, 0) is 16.6 Å². The Morgan fingerprint density at radius 2 is 1.69 bits per heavy atom. The standard InChI is InChI=1S/C21H18ClNO2S/c1-15-5-11-19(12-6-15)23-21(24)17-3-2-4-20(13-17)26(25)14-16-7-9-18(22)10-8-16/h2-13H,14H2,1H3,(H,23,24). The first kappa shape index (κ1) is 18.4. The molecule has 0 spiro atoms. The van der Waals surface area contributed by atoms with E-state index < -0.39 is 10.8 Å². The van der Waals surface area contributed by atoms with Crippen LogP contribution in [0.3, 0.4) is 0 Å². The number of hydrogen-bond donors (Lipinski definition) is 1. The van der Waals surface area contributed by atoms with Gasteiger partial charge < -0.3 is 5.32 Å². The summed E-state index contributed by atoms with van der Waals surface area (Å²) in [4.78, 5) is 13.1. The highest BCUT2D eigenvalue weighted by atomic mass is 35.5. The molecule has 3 nitrogen and oxygen atoms in total. The first-order valence-corrected chi connectivity index (χ1v) is 9.82. The van der Waals surface area contributed by atoms with Crippen molar-refractivity contribution < 1.29 is 9.00 Å². The molecule has 0 heterocycles.